The lowest BCUT2D eigenvalue weighted by Gasteiger charge is -2.33. The summed E-state index contributed by atoms with van der Waals surface area (Å²) < 4.78 is 26.5. The Morgan fingerprint density at radius 1 is 1.20 bits per heavy atom. The first kappa shape index (κ1) is 16.8. The van der Waals surface area contributed by atoms with Crippen molar-refractivity contribution < 1.29 is 13.6 Å². The van der Waals surface area contributed by atoms with Gasteiger partial charge in [0.1, 0.15) is 0 Å². The number of fused-ring (bicyclic) bond motifs is 3. The summed E-state index contributed by atoms with van der Waals surface area (Å²) in [4.78, 5) is 17.1. The molecule has 3 aliphatic heterocycles. The van der Waals surface area contributed by atoms with E-state index in [1.807, 2.05) is 4.90 Å². The van der Waals surface area contributed by atoms with Crippen LogP contribution in [0.4, 0.5) is 13.6 Å². The molecule has 3 heterocycles. The fraction of sp³-hybridized carbons (Fsp3) is 0.632. The minimum absolute atomic E-state index is 0.103. The van der Waals surface area contributed by atoms with Crippen LogP contribution in [0.5, 0.6) is 0 Å². The first-order valence-corrected chi connectivity index (χ1v) is 9.27. The number of urea groups is 1. The Bertz CT molecular complexity index is 668. The van der Waals surface area contributed by atoms with Crippen molar-refractivity contribution in [2.45, 2.75) is 38.3 Å². The Labute approximate surface area is 147 Å². The molecule has 0 aromatic heterocycles. The highest BCUT2D eigenvalue weighted by Gasteiger charge is 2.48. The zero-order chi connectivity index (χ0) is 17.6. The smallest absolute Gasteiger partial charge is 0.317 e. The number of rotatable bonds is 2. The third kappa shape index (κ3) is 3.12. The average molecular weight is 349 g/mol. The van der Waals surface area contributed by atoms with Gasteiger partial charge in [-0.1, -0.05) is 12.5 Å². The van der Waals surface area contributed by atoms with E-state index in [1.165, 1.54) is 31.9 Å². The Morgan fingerprint density at radius 3 is 2.84 bits per heavy atom. The highest BCUT2D eigenvalue weighted by atomic mass is 19.2. The zero-order valence-electron chi connectivity index (χ0n) is 14.5. The summed E-state index contributed by atoms with van der Waals surface area (Å²) in [5.74, 6) is -0.588. The second-order valence-electron chi connectivity index (χ2n) is 7.73. The van der Waals surface area contributed by atoms with Crippen molar-refractivity contribution in [3.8, 4) is 0 Å². The van der Waals surface area contributed by atoms with E-state index in [-0.39, 0.29) is 12.1 Å². The average Bonchev–Trinajstić information content (AvgIpc) is 3.15. The van der Waals surface area contributed by atoms with Gasteiger partial charge in [-0.05, 0) is 55.8 Å². The molecule has 3 saturated heterocycles. The van der Waals surface area contributed by atoms with Crippen LogP contribution in [0.25, 0.3) is 0 Å². The van der Waals surface area contributed by atoms with Gasteiger partial charge < -0.3 is 10.2 Å². The number of carbonyl (C=O) groups is 1. The van der Waals surface area contributed by atoms with Crippen molar-refractivity contribution in [3.05, 3.63) is 35.4 Å². The fourth-order valence-electron chi connectivity index (χ4n) is 4.86. The molecule has 1 N–H and O–H groups in total. The predicted molar refractivity (Wildman–Crippen MR) is 91.1 cm³/mol. The Kier molecular flexibility index (Phi) is 4.40. The molecule has 4 rings (SSSR count). The van der Waals surface area contributed by atoms with E-state index < -0.39 is 11.6 Å². The van der Waals surface area contributed by atoms with Gasteiger partial charge in [0, 0.05) is 25.7 Å². The van der Waals surface area contributed by atoms with Crippen molar-refractivity contribution in [2.24, 2.45) is 11.8 Å². The molecule has 3 aliphatic rings. The molecule has 1 aromatic rings. The van der Waals surface area contributed by atoms with Crippen LogP contribution >= 0.6 is 0 Å². The SMILES string of the molecule is C[C@H](NC(=O)N1C[C@@H]2CN3CCCC[C@@H]3[C@H]2C1)c1ccc(F)c(F)c1. The molecule has 0 spiro atoms. The molecule has 0 saturated carbocycles. The number of likely N-dealkylation sites (tertiary alicyclic amines) is 1. The highest BCUT2D eigenvalue weighted by molar-refractivity contribution is 5.75. The number of hydrogen-bond acceptors (Lipinski definition) is 2. The van der Waals surface area contributed by atoms with Crippen molar-refractivity contribution in [1.29, 1.82) is 0 Å². The minimum atomic E-state index is -0.883. The molecule has 136 valence electrons. The van der Waals surface area contributed by atoms with E-state index >= 15 is 0 Å². The number of halogens is 2. The zero-order valence-corrected chi connectivity index (χ0v) is 14.5. The van der Waals surface area contributed by atoms with Crippen LogP contribution in [0.2, 0.25) is 0 Å². The minimum Gasteiger partial charge on any atom is -0.331 e. The summed E-state index contributed by atoms with van der Waals surface area (Å²) in [6, 6.07) is 3.95. The van der Waals surface area contributed by atoms with Crippen molar-refractivity contribution in [1.82, 2.24) is 15.1 Å². The third-order valence-corrected chi connectivity index (χ3v) is 6.19. The van der Waals surface area contributed by atoms with E-state index in [0.29, 0.717) is 23.4 Å². The van der Waals surface area contributed by atoms with Crippen LogP contribution in [0.3, 0.4) is 0 Å². The molecule has 0 bridgehead atoms. The van der Waals surface area contributed by atoms with E-state index in [9.17, 15) is 13.6 Å². The number of hydrogen-bond donors (Lipinski definition) is 1. The second kappa shape index (κ2) is 6.56. The molecule has 6 heteroatoms. The highest BCUT2D eigenvalue weighted by Crippen LogP contribution is 2.40. The van der Waals surface area contributed by atoms with Gasteiger partial charge in [-0.3, -0.25) is 4.90 Å². The standard InChI is InChI=1S/C19H25F2N3O/c1-12(13-5-6-16(20)17(21)8-13)22-19(25)24-10-14-9-23-7-3-2-4-18(23)15(14)11-24/h5-6,8,12,14-15,18H,2-4,7,9-11H2,1H3,(H,22,25)/t12-,14-,15-,18+/m0/s1. The summed E-state index contributed by atoms with van der Waals surface area (Å²) >= 11 is 0. The second-order valence-corrected chi connectivity index (χ2v) is 7.73. The molecule has 0 radical (unpaired) electrons. The van der Waals surface area contributed by atoms with Gasteiger partial charge in [0.15, 0.2) is 11.6 Å². The van der Waals surface area contributed by atoms with Gasteiger partial charge in [-0.2, -0.15) is 0 Å². The largest absolute Gasteiger partial charge is 0.331 e. The summed E-state index contributed by atoms with van der Waals surface area (Å²) in [7, 11) is 0. The summed E-state index contributed by atoms with van der Waals surface area (Å²) in [5.41, 5.74) is 0.574. The van der Waals surface area contributed by atoms with E-state index in [1.54, 1.807) is 6.92 Å². The molecule has 4 nitrogen and oxygen atoms in total. The number of carbonyl (C=O) groups excluding carboxylic acids is 1. The van der Waals surface area contributed by atoms with Crippen LogP contribution in [-0.4, -0.2) is 48.1 Å². The molecule has 4 atom stereocenters. The number of nitrogens with zero attached hydrogens (tertiary/aromatic N) is 2. The summed E-state index contributed by atoms with van der Waals surface area (Å²) in [5, 5.41) is 2.93. The lowest BCUT2D eigenvalue weighted by molar-refractivity contribution is 0.153. The van der Waals surface area contributed by atoms with Crippen molar-refractivity contribution >= 4 is 6.03 Å². The number of piperidine rings is 1. The van der Waals surface area contributed by atoms with E-state index in [2.05, 4.69) is 10.2 Å². The molecule has 2 amide bonds. The van der Waals surface area contributed by atoms with Crippen LogP contribution in [0.15, 0.2) is 18.2 Å². The maximum absolute atomic E-state index is 13.4. The molecule has 25 heavy (non-hydrogen) atoms. The van der Waals surface area contributed by atoms with Gasteiger partial charge in [-0.15, -0.1) is 0 Å². The van der Waals surface area contributed by atoms with E-state index in [0.717, 1.165) is 31.8 Å². The van der Waals surface area contributed by atoms with Gasteiger partial charge >= 0.3 is 6.03 Å². The number of benzene rings is 1. The number of nitrogens with one attached hydrogen (secondary N) is 1. The van der Waals surface area contributed by atoms with Gasteiger partial charge in [-0.25, -0.2) is 13.6 Å². The summed E-state index contributed by atoms with van der Waals surface area (Å²) in [6.45, 7) is 5.72. The predicted octanol–water partition coefficient (Wildman–Crippen LogP) is 3.15. The van der Waals surface area contributed by atoms with Gasteiger partial charge in [0.25, 0.3) is 0 Å². The van der Waals surface area contributed by atoms with Crippen molar-refractivity contribution in [2.75, 3.05) is 26.2 Å². The molecular weight excluding hydrogens is 324 g/mol. The quantitative estimate of drug-likeness (QED) is 0.890. The number of amides is 2. The lowest BCUT2D eigenvalue weighted by atomic mass is 9.90. The van der Waals surface area contributed by atoms with Crippen LogP contribution in [0, 0.1) is 23.5 Å². The first-order chi connectivity index (χ1) is 12.0. The Hall–Kier alpha value is -1.69. The maximum Gasteiger partial charge on any atom is 0.317 e. The Morgan fingerprint density at radius 2 is 2.04 bits per heavy atom. The lowest BCUT2D eigenvalue weighted by Crippen LogP contribution is -2.44. The van der Waals surface area contributed by atoms with Crippen LogP contribution in [-0.2, 0) is 0 Å². The maximum atomic E-state index is 13.4. The molecule has 1 aromatic carbocycles. The fourth-order valence-corrected chi connectivity index (χ4v) is 4.86. The topological polar surface area (TPSA) is 35.6 Å². The monoisotopic (exact) mass is 349 g/mol. The first-order valence-electron chi connectivity index (χ1n) is 9.27. The Balaban J connectivity index is 1.37. The van der Waals surface area contributed by atoms with E-state index in [4.69, 9.17) is 0 Å². The van der Waals surface area contributed by atoms with Crippen molar-refractivity contribution in [3.63, 3.8) is 0 Å². The van der Waals surface area contributed by atoms with Crippen LogP contribution < -0.4 is 5.32 Å². The molecule has 0 unspecified atom stereocenters. The normalized spacial score (nSPS) is 30.0. The van der Waals surface area contributed by atoms with Gasteiger partial charge in [0.05, 0.1) is 6.04 Å². The third-order valence-electron chi connectivity index (χ3n) is 6.19. The molecule has 3 fully saturated rings. The van der Waals surface area contributed by atoms with Crippen LogP contribution in [0.1, 0.15) is 37.8 Å². The molecule has 0 aliphatic carbocycles. The van der Waals surface area contributed by atoms with Gasteiger partial charge in [0.2, 0.25) is 0 Å². The summed E-state index contributed by atoms with van der Waals surface area (Å²) in [6.07, 6.45) is 3.84. The molecular formula is C19H25F2N3O.